The highest BCUT2D eigenvalue weighted by molar-refractivity contribution is 6.35. The molecular formula is C16H18ClNO. The highest BCUT2D eigenvalue weighted by Crippen LogP contribution is 2.32. The van der Waals surface area contributed by atoms with Gasteiger partial charge in [-0.25, -0.2) is 0 Å². The van der Waals surface area contributed by atoms with Crippen molar-refractivity contribution in [2.45, 2.75) is 31.4 Å². The Morgan fingerprint density at radius 2 is 1.89 bits per heavy atom. The van der Waals surface area contributed by atoms with Gasteiger partial charge < -0.3 is 10.5 Å². The van der Waals surface area contributed by atoms with E-state index in [1.807, 2.05) is 30.3 Å². The molecule has 0 amide bonds. The third-order valence-corrected chi connectivity index (χ3v) is 4.21. The van der Waals surface area contributed by atoms with Crippen LogP contribution in [0.4, 0.5) is 0 Å². The van der Waals surface area contributed by atoms with Crippen molar-refractivity contribution in [2.75, 3.05) is 6.61 Å². The number of ether oxygens (including phenoxy) is 1. The number of halogens is 1. The molecule has 1 fully saturated rings. The van der Waals surface area contributed by atoms with Crippen molar-refractivity contribution in [3.8, 4) is 0 Å². The van der Waals surface area contributed by atoms with Crippen molar-refractivity contribution in [1.29, 1.82) is 0 Å². The van der Waals surface area contributed by atoms with E-state index in [-0.39, 0.29) is 12.1 Å². The quantitative estimate of drug-likeness (QED) is 0.897. The Morgan fingerprint density at radius 3 is 2.63 bits per heavy atom. The molecule has 0 radical (unpaired) electrons. The molecule has 1 heterocycles. The van der Waals surface area contributed by atoms with Crippen LogP contribution in [0.5, 0.6) is 0 Å². The summed E-state index contributed by atoms with van der Waals surface area (Å²) in [5, 5.41) is 2.97. The molecule has 0 aliphatic carbocycles. The highest BCUT2D eigenvalue weighted by Gasteiger charge is 2.24. The lowest BCUT2D eigenvalue weighted by Gasteiger charge is -2.29. The minimum atomic E-state index is -0.0810. The minimum Gasteiger partial charge on any atom is -0.376 e. The molecule has 3 heteroatoms. The van der Waals surface area contributed by atoms with Gasteiger partial charge in [0.2, 0.25) is 0 Å². The summed E-state index contributed by atoms with van der Waals surface area (Å²) in [6.07, 6.45) is 3.50. The molecule has 1 saturated heterocycles. The van der Waals surface area contributed by atoms with E-state index in [0.29, 0.717) is 0 Å². The van der Waals surface area contributed by atoms with Gasteiger partial charge in [0.25, 0.3) is 0 Å². The van der Waals surface area contributed by atoms with Gasteiger partial charge in [0, 0.05) is 17.0 Å². The molecule has 0 aromatic heterocycles. The summed E-state index contributed by atoms with van der Waals surface area (Å²) in [4.78, 5) is 0. The maximum Gasteiger partial charge on any atom is 0.0767 e. The van der Waals surface area contributed by atoms with E-state index in [1.165, 1.54) is 6.42 Å². The first-order valence-corrected chi connectivity index (χ1v) is 7.19. The number of nitrogens with two attached hydrogens (primary N) is 1. The molecule has 2 aromatic rings. The maximum atomic E-state index is 6.42. The summed E-state index contributed by atoms with van der Waals surface area (Å²) in [7, 11) is 0. The third kappa shape index (κ3) is 2.48. The molecule has 2 atom stereocenters. The zero-order chi connectivity index (χ0) is 13.2. The zero-order valence-corrected chi connectivity index (χ0v) is 11.6. The van der Waals surface area contributed by atoms with Crippen LogP contribution in [0, 0.1) is 0 Å². The van der Waals surface area contributed by atoms with Crippen LogP contribution in [0.3, 0.4) is 0 Å². The van der Waals surface area contributed by atoms with Crippen LogP contribution in [-0.2, 0) is 4.74 Å². The van der Waals surface area contributed by atoms with Crippen LogP contribution in [0.1, 0.15) is 30.9 Å². The Bertz CT molecular complexity index is 578. The summed E-state index contributed by atoms with van der Waals surface area (Å²) in [5.41, 5.74) is 7.55. The van der Waals surface area contributed by atoms with Crippen molar-refractivity contribution in [3.63, 3.8) is 0 Å². The molecule has 2 aromatic carbocycles. The first-order chi connectivity index (χ1) is 9.27. The second-order valence-electron chi connectivity index (χ2n) is 5.11. The van der Waals surface area contributed by atoms with Crippen molar-refractivity contribution in [2.24, 2.45) is 5.73 Å². The molecule has 100 valence electrons. The van der Waals surface area contributed by atoms with E-state index in [4.69, 9.17) is 22.1 Å². The Kier molecular flexibility index (Phi) is 3.74. The first kappa shape index (κ1) is 12.9. The van der Waals surface area contributed by atoms with Crippen molar-refractivity contribution >= 4 is 22.4 Å². The zero-order valence-electron chi connectivity index (χ0n) is 10.8. The Labute approximate surface area is 118 Å². The van der Waals surface area contributed by atoms with E-state index >= 15 is 0 Å². The average molecular weight is 276 g/mol. The van der Waals surface area contributed by atoms with Gasteiger partial charge in [-0.2, -0.15) is 0 Å². The van der Waals surface area contributed by atoms with Gasteiger partial charge in [-0.1, -0.05) is 41.9 Å². The van der Waals surface area contributed by atoms with Gasteiger partial charge in [0.05, 0.1) is 12.1 Å². The van der Waals surface area contributed by atoms with E-state index in [0.717, 1.165) is 40.8 Å². The van der Waals surface area contributed by atoms with E-state index in [9.17, 15) is 0 Å². The molecule has 2 unspecified atom stereocenters. The molecule has 2 nitrogen and oxygen atoms in total. The lowest BCUT2D eigenvalue weighted by Crippen LogP contribution is -2.32. The van der Waals surface area contributed by atoms with Crippen LogP contribution in [0.25, 0.3) is 10.8 Å². The number of benzene rings is 2. The summed E-state index contributed by atoms with van der Waals surface area (Å²) < 4.78 is 5.82. The van der Waals surface area contributed by atoms with E-state index in [1.54, 1.807) is 0 Å². The summed E-state index contributed by atoms with van der Waals surface area (Å²) in [5.74, 6) is 0. The number of hydrogen-bond acceptors (Lipinski definition) is 2. The van der Waals surface area contributed by atoms with Crippen LogP contribution in [-0.4, -0.2) is 12.7 Å². The van der Waals surface area contributed by atoms with Crippen LogP contribution in [0.15, 0.2) is 36.4 Å². The van der Waals surface area contributed by atoms with Gasteiger partial charge in [0.15, 0.2) is 0 Å². The van der Waals surface area contributed by atoms with Crippen molar-refractivity contribution in [1.82, 2.24) is 0 Å². The normalized spacial score (nSPS) is 21.5. The van der Waals surface area contributed by atoms with Gasteiger partial charge in [-0.3, -0.25) is 0 Å². The van der Waals surface area contributed by atoms with Crippen LogP contribution < -0.4 is 5.73 Å². The number of rotatable bonds is 2. The number of hydrogen-bond donors (Lipinski definition) is 1. The smallest absolute Gasteiger partial charge is 0.0767 e. The fraction of sp³-hybridized carbons (Fsp3) is 0.375. The molecule has 19 heavy (non-hydrogen) atoms. The topological polar surface area (TPSA) is 35.2 Å². The predicted octanol–water partition coefficient (Wildman–Crippen LogP) is 4.06. The predicted molar refractivity (Wildman–Crippen MR) is 79.5 cm³/mol. The molecular weight excluding hydrogens is 258 g/mol. The second kappa shape index (κ2) is 5.49. The lowest BCUT2D eigenvalue weighted by atomic mass is 9.92. The molecule has 1 aliphatic rings. The number of fused-ring (bicyclic) bond motifs is 1. The van der Waals surface area contributed by atoms with Crippen molar-refractivity contribution in [3.05, 3.63) is 47.0 Å². The monoisotopic (exact) mass is 275 g/mol. The molecule has 0 saturated carbocycles. The van der Waals surface area contributed by atoms with Gasteiger partial charge in [-0.05, 0) is 36.3 Å². The van der Waals surface area contributed by atoms with Crippen molar-refractivity contribution < 1.29 is 4.74 Å². The third-order valence-electron chi connectivity index (χ3n) is 3.88. The van der Waals surface area contributed by atoms with E-state index in [2.05, 4.69) is 6.07 Å². The Balaban J connectivity index is 2.02. The largest absolute Gasteiger partial charge is 0.376 e. The summed E-state index contributed by atoms with van der Waals surface area (Å²) in [6.45, 7) is 0.823. The fourth-order valence-corrected chi connectivity index (χ4v) is 3.05. The second-order valence-corrected chi connectivity index (χ2v) is 5.52. The fourth-order valence-electron chi connectivity index (χ4n) is 2.83. The Hall–Kier alpha value is -1.09. The molecule has 0 bridgehead atoms. The van der Waals surface area contributed by atoms with Gasteiger partial charge >= 0.3 is 0 Å². The van der Waals surface area contributed by atoms with Gasteiger partial charge in [0.1, 0.15) is 0 Å². The SMILES string of the molecule is NC(c1ccc(Cl)c2ccccc12)C1CCCCO1. The molecule has 2 N–H and O–H groups in total. The molecule has 0 spiro atoms. The lowest BCUT2D eigenvalue weighted by molar-refractivity contribution is 0.000276. The first-order valence-electron chi connectivity index (χ1n) is 6.81. The van der Waals surface area contributed by atoms with Crippen LogP contribution >= 0.6 is 11.6 Å². The minimum absolute atomic E-state index is 0.0810. The highest BCUT2D eigenvalue weighted by atomic mass is 35.5. The van der Waals surface area contributed by atoms with E-state index < -0.39 is 0 Å². The standard InChI is InChI=1S/C16H18ClNO/c17-14-9-8-13(11-5-1-2-6-12(11)14)16(18)15-7-3-4-10-19-15/h1-2,5-6,8-9,15-16H,3-4,7,10,18H2. The summed E-state index contributed by atoms with van der Waals surface area (Å²) >= 11 is 6.25. The molecule has 3 rings (SSSR count). The van der Waals surface area contributed by atoms with Crippen LogP contribution in [0.2, 0.25) is 5.02 Å². The maximum absolute atomic E-state index is 6.42. The van der Waals surface area contributed by atoms with Gasteiger partial charge in [-0.15, -0.1) is 0 Å². The Morgan fingerprint density at radius 1 is 1.11 bits per heavy atom. The summed E-state index contributed by atoms with van der Waals surface area (Å²) in [6, 6.07) is 12.0. The molecule has 1 aliphatic heterocycles. The average Bonchev–Trinajstić information content (AvgIpc) is 2.48.